The molecule has 2 rings (SSSR count). The van der Waals surface area contributed by atoms with Crippen LogP contribution in [0.15, 0.2) is 6.07 Å². The second kappa shape index (κ2) is 3.38. The standard InChI is InChI=1S/C8H7ClFNO2/c9-4-6-5(10)3-7-8(11-6)13-2-1-12-7/h3H,1-2,4H2. The maximum atomic E-state index is 13.1. The highest BCUT2D eigenvalue weighted by Crippen LogP contribution is 2.29. The summed E-state index contributed by atoms with van der Waals surface area (Å²) in [7, 11) is 0. The van der Waals surface area contributed by atoms with E-state index >= 15 is 0 Å². The Morgan fingerprint density at radius 3 is 3.00 bits per heavy atom. The summed E-state index contributed by atoms with van der Waals surface area (Å²) in [4.78, 5) is 3.88. The average molecular weight is 204 g/mol. The molecule has 70 valence electrons. The van der Waals surface area contributed by atoms with Gasteiger partial charge in [0.2, 0.25) is 0 Å². The molecule has 0 saturated heterocycles. The molecule has 0 radical (unpaired) electrons. The van der Waals surface area contributed by atoms with E-state index in [1.165, 1.54) is 6.07 Å². The van der Waals surface area contributed by atoms with Crippen LogP contribution >= 0.6 is 11.6 Å². The first-order valence-corrected chi connectivity index (χ1v) is 4.35. The third-order valence-corrected chi connectivity index (χ3v) is 1.94. The fraction of sp³-hybridized carbons (Fsp3) is 0.375. The lowest BCUT2D eigenvalue weighted by atomic mass is 10.3. The summed E-state index contributed by atoms with van der Waals surface area (Å²) in [5.74, 6) is 0.239. The zero-order valence-electron chi connectivity index (χ0n) is 6.72. The van der Waals surface area contributed by atoms with Gasteiger partial charge in [0.25, 0.3) is 5.88 Å². The number of rotatable bonds is 1. The first kappa shape index (κ1) is 8.56. The minimum absolute atomic E-state index is 0.0302. The van der Waals surface area contributed by atoms with Gasteiger partial charge in [-0.25, -0.2) is 9.37 Å². The highest BCUT2D eigenvalue weighted by Gasteiger charge is 2.16. The van der Waals surface area contributed by atoms with Crippen molar-refractivity contribution in [1.82, 2.24) is 4.98 Å². The molecule has 0 fully saturated rings. The number of hydrogen-bond donors (Lipinski definition) is 0. The second-order valence-electron chi connectivity index (χ2n) is 2.55. The lowest BCUT2D eigenvalue weighted by Crippen LogP contribution is -2.17. The molecule has 0 saturated carbocycles. The minimum Gasteiger partial charge on any atom is -0.484 e. The molecule has 0 atom stereocenters. The van der Waals surface area contributed by atoms with Crippen LogP contribution in [0.25, 0.3) is 0 Å². The molecule has 0 amide bonds. The van der Waals surface area contributed by atoms with Gasteiger partial charge in [0.15, 0.2) is 5.75 Å². The number of halogens is 2. The largest absolute Gasteiger partial charge is 0.484 e. The van der Waals surface area contributed by atoms with Crippen molar-refractivity contribution in [1.29, 1.82) is 0 Å². The normalized spacial score (nSPS) is 14.3. The van der Waals surface area contributed by atoms with Crippen LogP contribution in [0.4, 0.5) is 4.39 Å². The molecular weight excluding hydrogens is 197 g/mol. The Hall–Kier alpha value is -1.03. The first-order valence-electron chi connectivity index (χ1n) is 3.82. The maximum absolute atomic E-state index is 13.1. The lowest BCUT2D eigenvalue weighted by Gasteiger charge is -2.17. The van der Waals surface area contributed by atoms with Crippen molar-refractivity contribution in [3.05, 3.63) is 17.6 Å². The van der Waals surface area contributed by atoms with E-state index in [-0.39, 0.29) is 11.6 Å². The highest BCUT2D eigenvalue weighted by atomic mass is 35.5. The number of fused-ring (bicyclic) bond motifs is 1. The molecule has 3 nitrogen and oxygen atoms in total. The fourth-order valence-corrected chi connectivity index (χ4v) is 1.27. The molecule has 1 aliphatic heterocycles. The molecule has 1 aliphatic rings. The van der Waals surface area contributed by atoms with Crippen LogP contribution in [0.3, 0.4) is 0 Å². The highest BCUT2D eigenvalue weighted by molar-refractivity contribution is 6.16. The second-order valence-corrected chi connectivity index (χ2v) is 2.82. The van der Waals surface area contributed by atoms with Crippen LogP contribution in [0.5, 0.6) is 11.6 Å². The van der Waals surface area contributed by atoms with Crippen molar-refractivity contribution in [2.45, 2.75) is 5.88 Å². The molecular formula is C8H7ClFNO2. The molecule has 1 aromatic rings. The molecule has 0 unspecified atom stereocenters. The summed E-state index contributed by atoms with van der Waals surface area (Å²) < 4.78 is 23.4. The quantitative estimate of drug-likeness (QED) is 0.652. The summed E-state index contributed by atoms with van der Waals surface area (Å²) in [6, 6.07) is 1.25. The van der Waals surface area contributed by atoms with Gasteiger partial charge in [-0.3, -0.25) is 0 Å². The van der Waals surface area contributed by atoms with Gasteiger partial charge in [-0.2, -0.15) is 0 Å². The Labute approximate surface area is 79.4 Å². The van der Waals surface area contributed by atoms with Gasteiger partial charge in [0.05, 0.1) is 11.6 Å². The summed E-state index contributed by atoms with van der Waals surface area (Å²) in [5, 5.41) is 0. The fourth-order valence-electron chi connectivity index (χ4n) is 1.08. The van der Waals surface area contributed by atoms with Crippen LogP contribution < -0.4 is 9.47 Å². The molecule has 0 bridgehead atoms. The van der Waals surface area contributed by atoms with Gasteiger partial charge in [0, 0.05) is 6.07 Å². The van der Waals surface area contributed by atoms with E-state index in [0.29, 0.717) is 24.8 Å². The Morgan fingerprint density at radius 2 is 2.23 bits per heavy atom. The zero-order valence-corrected chi connectivity index (χ0v) is 7.47. The topological polar surface area (TPSA) is 31.4 Å². The van der Waals surface area contributed by atoms with E-state index in [9.17, 15) is 4.39 Å². The predicted octanol–water partition coefficient (Wildman–Crippen LogP) is 1.73. The van der Waals surface area contributed by atoms with Gasteiger partial charge in [0.1, 0.15) is 19.0 Å². The van der Waals surface area contributed by atoms with E-state index in [4.69, 9.17) is 21.1 Å². The smallest absolute Gasteiger partial charge is 0.257 e. The van der Waals surface area contributed by atoms with Crippen LogP contribution in [0, 0.1) is 5.82 Å². The van der Waals surface area contributed by atoms with Gasteiger partial charge >= 0.3 is 0 Å². The van der Waals surface area contributed by atoms with E-state index in [1.807, 2.05) is 0 Å². The summed E-state index contributed by atoms with van der Waals surface area (Å²) in [6.07, 6.45) is 0. The van der Waals surface area contributed by atoms with Crippen molar-refractivity contribution < 1.29 is 13.9 Å². The van der Waals surface area contributed by atoms with Gasteiger partial charge in [-0.15, -0.1) is 11.6 Å². The summed E-state index contributed by atoms with van der Waals surface area (Å²) in [5.41, 5.74) is 0.186. The molecule has 2 heterocycles. The number of alkyl halides is 1. The predicted molar refractivity (Wildman–Crippen MR) is 44.7 cm³/mol. The van der Waals surface area contributed by atoms with E-state index in [1.54, 1.807) is 0 Å². The van der Waals surface area contributed by atoms with E-state index < -0.39 is 5.82 Å². The first-order chi connectivity index (χ1) is 6.31. The van der Waals surface area contributed by atoms with Gasteiger partial charge in [-0.05, 0) is 0 Å². The van der Waals surface area contributed by atoms with Crippen molar-refractivity contribution in [2.24, 2.45) is 0 Å². The Bertz CT molecular complexity index is 332. The molecule has 0 aliphatic carbocycles. The van der Waals surface area contributed by atoms with Crippen LogP contribution in [0.1, 0.15) is 5.69 Å². The summed E-state index contributed by atoms with van der Waals surface area (Å²) >= 11 is 5.48. The number of nitrogens with zero attached hydrogens (tertiary/aromatic N) is 1. The van der Waals surface area contributed by atoms with Gasteiger partial charge < -0.3 is 9.47 Å². The number of hydrogen-bond acceptors (Lipinski definition) is 3. The van der Waals surface area contributed by atoms with Crippen molar-refractivity contribution in [3.8, 4) is 11.6 Å². The third-order valence-electron chi connectivity index (χ3n) is 1.69. The van der Waals surface area contributed by atoms with E-state index in [0.717, 1.165) is 0 Å². The van der Waals surface area contributed by atoms with Crippen LogP contribution in [-0.2, 0) is 5.88 Å². The van der Waals surface area contributed by atoms with Crippen molar-refractivity contribution in [3.63, 3.8) is 0 Å². The van der Waals surface area contributed by atoms with E-state index in [2.05, 4.69) is 4.98 Å². The van der Waals surface area contributed by atoms with Crippen molar-refractivity contribution in [2.75, 3.05) is 13.2 Å². The molecule has 1 aromatic heterocycles. The SMILES string of the molecule is Fc1cc2c(nc1CCl)OCCO2. The molecule has 0 N–H and O–H groups in total. The number of ether oxygens (including phenoxy) is 2. The minimum atomic E-state index is -0.459. The molecule has 13 heavy (non-hydrogen) atoms. The molecule has 5 heteroatoms. The monoisotopic (exact) mass is 203 g/mol. The van der Waals surface area contributed by atoms with Crippen LogP contribution in [-0.4, -0.2) is 18.2 Å². The Balaban J connectivity index is 2.44. The number of pyridine rings is 1. The Kier molecular flexibility index (Phi) is 2.22. The lowest BCUT2D eigenvalue weighted by molar-refractivity contribution is 0.163. The van der Waals surface area contributed by atoms with Crippen LogP contribution in [0.2, 0.25) is 0 Å². The summed E-state index contributed by atoms with van der Waals surface area (Å²) in [6.45, 7) is 0.863. The third kappa shape index (κ3) is 1.54. The molecule has 0 aromatic carbocycles. The van der Waals surface area contributed by atoms with Gasteiger partial charge in [-0.1, -0.05) is 0 Å². The van der Waals surface area contributed by atoms with Crippen molar-refractivity contribution >= 4 is 11.6 Å². The average Bonchev–Trinajstić information content (AvgIpc) is 2.17. The zero-order chi connectivity index (χ0) is 9.26. The number of aromatic nitrogens is 1. The maximum Gasteiger partial charge on any atom is 0.257 e. The molecule has 0 spiro atoms. The Morgan fingerprint density at radius 1 is 1.46 bits per heavy atom.